The molecular formula is C10H7Cl2FN2S. The highest BCUT2D eigenvalue weighted by atomic mass is 35.5. The molecular weight excluding hydrogens is 270 g/mol. The Morgan fingerprint density at radius 3 is 2.88 bits per heavy atom. The largest absolute Gasteiger partial charge is 0.205 e. The van der Waals surface area contributed by atoms with Gasteiger partial charge in [0.25, 0.3) is 0 Å². The first kappa shape index (κ1) is 11.8. The number of hydrogen-bond donors (Lipinski definition) is 0. The van der Waals surface area contributed by atoms with E-state index in [1.165, 1.54) is 17.4 Å². The zero-order valence-electron chi connectivity index (χ0n) is 8.08. The molecule has 1 heterocycles. The van der Waals surface area contributed by atoms with Crippen LogP contribution in [0.15, 0.2) is 18.2 Å². The van der Waals surface area contributed by atoms with Gasteiger partial charge in [0.1, 0.15) is 15.8 Å². The summed E-state index contributed by atoms with van der Waals surface area (Å²) in [5, 5.41) is 9.44. The van der Waals surface area contributed by atoms with Gasteiger partial charge in [-0.2, -0.15) is 0 Å². The van der Waals surface area contributed by atoms with Crippen LogP contribution in [0, 0.1) is 5.82 Å². The van der Waals surface area contributed by atoms with Gasteiger partial charge in [0.05, 0.1) is 5.02 Å². The van der Waals surface area contributed by atoms with E-state index in [4.69, 9.17) is 23.2 Å². The molecule has 0 aliphatic rings. The molecule has 0 saturated carbocycles. The van der Waals surface area contributed by atoms with E-state index in [2.05, 4.69) is 10.2 Å². The van der Waals surface area contributed by atoms with Gasteiger partial charge in [-0.25, -0.2) is 4.39 Å². The van der Waals surface area contributed by atoms with E-state index in [1.54, 1.807) is 12.1 Å². The summed E-state index contributed by atoms with van der Waals surface area (Å²) in [6, 6.07) is 4.63. The number of aryl methyl sites for hydroxylation is 1. The second-order valence-corrected chi connectivity index (χ2v) is 4.86. The predicted octanol–water partition coefficient (Wildman–Crippen LogP) is 3.78. The summed E-state index contributed by atoms with van der Waals surface area (Å²) < 4.78 is 13.2. The Labute approximate surface area is 106 Å². The van der Waals surface area contributed by atoms with Crippen molar-refractivity contribution in [3.63, 3.8) is 0 Å². The molecule has 0 atom stereocenters. The van der Waals surface area contributed by atoms with Crippen LogP contribution < -0.4 is 0 Å². The highest BCUT2D eigenvalue weighted by molar-refractivity contribution is 7.14. The maximum Gasteiger partial charge on any atom is 0.149 e. The van der Waals surface area contributed by atoms with Gasteiger partial charge >= 0.3 is 0 Å². The lowest BCUT2D eigenvalue weighted by molar-refractivity contribution is 0.629. The normalized spacial score (nSPS) is 10.7. The minimum Gasteiger partial charge on any atom is -0.205 e. The highest BCUT2D eigenvalue weighted by Crippen LogP contribution is 2.31. The van der Waals surface area contributed by atoms with Crippen LogP contribution in [0.5, 0.6) is 0 Å². The molecule has 0 bridgehead atoms. The van der Waals surface area contributed by atoms with Crippen molar-refractivity contribution in [1.82, 2.24) is 10.2 Å². The summed E-state index contributed by atoms with van der Waals surface area (Å²) in [6.07, 6.45) is 0.659. The molecule has 1 aromatic carbocycles. The van der Waals surface area contributed by atoms with E-state index in [9.17, 15) is 4.39 Å². The summed E-state index contributed by atoms with van der Waals surface area (Å²) >= 11 is 12.8. The van der Waals surface area contributed by atoms with Crippen LogP contribution in [0.2, 0.25) is 5.02 Å². The van der Waals surface area contributed by atoms with Crippen LogP contribution in [-0.2, 0) is 6.42 Å². The fourth-order valence-corrected chi connectivity index (χ4v) is 2.65. The van der Waals surface area contributed by atoms with Crippen LogP contribution in [0.25, 0.3) is 10.6 Å². The summed E-state index contributed by atoms with van der Waals surface area (Å²) in [5.74, 6) is 0.0409. The molecule has 0 aliphatic carbocycles. The lowest BCUT2D eigenvalue weighted by Crippen LogP contribution is -1.83. The molecule has 0 N–H and O–H groups in total. The average molecular weight is 277 g/mol. The fraction of sp³-hybridized carbons (Fsp3) is 0.200. The first-order valence-electron chi connectivity index (χ1n) is 4.55. The van der Waals surface area contributed by atoms with Gasteiger partial charge in [-0.3, -0.25) is 0 Å². The molecule has 0 unspecified atom stereocenters. The van der Waals surface area contributed by atoms with Crippen LogP contribution in [0.1, 0.15) is 5.01 Å². The molecule has 0 saturated heterocycles. The van der Waals surface area contributed by atoms with Gasteiger partial charge in [0, 0.05) is 17.9 Å². The number of halogens is 3. The SMILES string of the molecule is Fc1cccc(-c2nnc(CCCl)s2)c1Cl. The average Bonchev–Trinajstić information content (AvgIpc) is 2.71. The molecule has 2 aromatic rings. The predicted molar refractivity (Wildman–Crippen MR) is 64.7 cm³/mol. The number of rotatable bonds is 3. The van der Waals surface area contributed by atoms with Gasteiger partial charge in [0.2, 0.25) is 0 Å². The van der Waals surface area contributed by atoms with Crippen molar-refractivity contribution in [2.24, 2.45) is 0 Å². The topological polar surface area (TPSA) is 25.8 Å². The van der Waals surface area contributed by atoms with Gasteiger partial charge < -0.3 is 0 Å². The molecule has 2 nitrogen and oxygen atoms in total. The Morgan fingerprint density at radius 1 is 1.31 bits per heavy atom. The van der Waals surface area contributed by atoms with Crippen molar-refractivity contribution in [3.05, 3.63) is 34.0 Å². The Kier molecular flexibility index (Phi) is 3.74. The van der Waals surface area contributed by atoms with E-state index < -0.39 is 5.82 Å². The summed E-state index contributed by atoms with van der Waals surface area (Å²) in [4.78, 5) is 0. The third-order valence-electron chi connectivity index (χ3n) is 1.96. The minimum absolute atomic E-state index is 0.0797. The Bertz CT molecular complexity index is 501. The van der Waals surface area contributed by atoms with E-state index in [0.717, 1.165) is 5.01 Å². The standard InChI is InChI=1S/C10H7Cl2FN2S/c11-5-4-8-14-15-10(16-8)6-2-1-3-7(13)9(6)12/h1-3H,4-5H2. The summed E-state index contributed by atoms with van der Waals surface area (Å²) in [5.41, 5.74) is 0.569. The smallest absolute Gasteiger partial charge is 0.149 e. The molecule has 6 heteroatoms. The molecule has 0 aliphatic heterocycles. The molecule has 0 fully saturated rings. The van der Waals surface area contributed by atoms with E-state index >= 15 is 0 Å². The van der Waals surface area contributed by atoms with Gasteiger partial charge in [-0.05, 0) is 6.07 Å². The molecule has 84 valence electrons. The molecule has 1 aromatic heterocycles. The molecule has 2 rings (SSSR count). The lowest BCUT2D eigenvalue weighted by atomic mass is 10.2. The van der Waals surface area contributed by atoms with Crippen molar-refractivity contribution in [1.29, 1.82) is 0 Å². The Balaban J connectivity index is 2.39. The molecule has 16 heavy (non-hydrogen) atoms. The highest BCUT2D eigenvalue weighted by Gasteiger charge is 2.12. The number of alkyl halides is 1. The van der Waals surface area contributed by atoms with E-state index in [0.29, 0.717) is 22.9 Å². The maximum atomic E-state index is 13.2. The number of hydrogen-bond acceptors (Lipinski definition) is 3. The molecule has 0 amide bonds. The summed E-state index contributed by atoms with van der Waals surface area (Å²) in [6.45, 7) is 0. The van der Waals surface area contributed by atoms with Crippen molar-refractivity contribution >= 4 is 34.5 Å². The van der Waals surface area contributed by atoms with Gasteiger partial charge in [-0.1, -0.05) is 35.1 Å². The van der Waals surface area contributed by atoms with Gasteiger partial charge in [-0.15, -0.1) is 21.8 Å². The first-order valence-corrected chi connectivity index (χ1v) is 6.28. The molecule has 0 radical (unpaired) electrons. The zero-order chi connectivity index (χ0) is 11.5. The second-order valence-electron chi connectivity index (χ2n) is 3.04. The van der Waals surface area contributed by atoms with Crippen LogP contribution in [-0.4, -0.2) is 16.1 Å². The quantitative estimate of drug-likeness (QED) is 0.798. The number of nitrogens with zero attached hydrogens (tertiary/aromatic N) is 2. The van der Waals surface area contributed by atoms with Crippen LogP contribution >= 0.6 is 34.5 Å². The second kappa shape index (κ2) is 5.08. The van der Waals surface area contributed by atoms with Crippen LogP contribution in [0.4, 0.5) is 4.39 Å². The van der Waals surface area contributed by atoms with E-state index in [-0.39, 0.29) is 5.02 Å². The lowest BCUT2D eigenvalue weighted by Gasteiger charge is -1.99. The monoisotopic (exact) mass is 276 g/mol. The number of aromatic nitrogens is 2. The first-order chi connectivity index (χ1) is 7.72. The maximum absolute atomic E-state index is 13.2. The zero-order valence-corrected chi connectivity index (χ0v) is 10.4. The van der Waals surface area contributed by atoms with Crippen molar-refractivity contribution in [3.8, 4) is 10.6 Å². The van der Waals surface area contributed by atoms with Crippen molar-refractivity contribution in [2.45, 2.75) is 6.42 Å². The van der Waals surface area contributed by atoms with Crippen molar-refractivity contribution in [2.75, 3.05) is 5.88 Å². The van der Waals surface area contributed by atoms with Crippen LogP contribution in [0.3, 0.4) is 0 Å². The summed E-state index contributed by atoms with van der Waals surface area (Å²) in [7, 11) is 0. The Hall–Kier alpha value is -0.710. The third-order valence-corrected chi connectivity index (χ3v) is 3.55. The fourth-order valence-electron chi connectivity index (χ4n) is 1.21. The molecule has 0 spiro atoms. The minimum atomic E-state index is -0.451. The number of benzene rings is 1. The van der Waals surface area contributed by atoms with Crippen molar-refractivity contribution < 1.29 is 4.39 Å². The van der Waals surface area contributed by atoms with E-state index in [1.807, 2.05) is 0 Å². The third kappa shape index (κ3) is 2.34. The van der Waals surface area contributed by atoms with Gasteiger partial charge in [0.15, 0.2) is 0 Å². The Morgan fingerprint density at radius 2 is 2.12 bits per heavy atom.